The van der Waals surface area contributed by atoms with Crippen molar-refractivity contribution in [3.8, 4) is 5.75 Å². The minimum atomic E-state index is -1.84. The van der Waals surface area contributed by atoms with E-state index in [0.717, 1.165) is 0 Å². The van der Waals surface area contributed by atoms with E-state index in [1.807, 2.05) is 13.8 Å². The molecule has 92 heavy (non-hydrogen) atoms. The van der Waals surface area contributed by atoms with Gasteiger partial charge in [0.05, 0.1) is 18.5 Å². The van der Waals surface area contributed by atoms with E-state index in [9.17, 15) is 58.2 Å². The SMILES string of the molecule is CC(C)C[C@@H]1NC(=O)[C@H](CCCN)NC(=O)[C@H](C(C)C)NC(=O)[C@H](Cc2ccc(O)cc2)NC(=O)[C@H](CCC(N)=O)NC(=O)[C@H](CC(N)=O)NC(=O)[C@@H](Cc2ccccc2)NC(=O)[C@H](Cc2ccccc2)NC(=O)[C@@H]2CCCN2C(=O)[C@@H](Cc2ccccc2)NC1O. The van der Waals surface area contributed by atoms with Gasteiger partial charge in [0, 0.05) is 32.2 Å². The van der Waals surface area contributed by atoms with Crippen LogP contribution in [-0.2, 0) is 78.4 Å². The quantitative estimate of drug-likeness (QED) is 0.0558. The molecule has 2 fully saturated rings. The maximum atomic E-state index is 15.2. The van der Waals surface area contributed by atoms with Crippen LogP contribution < -0.4 is 65.1 Å². The fourth-order valence-electron chi connectivity index (χ4n) is 11.1. The Kier molecular flexibility index (Phi) is 27.6. The number of nitrogens with two attached hydrogens (primary N) is 3. The number of benzene rings is 4. The summed E-state index contributed by atoms with van der Waals surface area (Å²) >= 11 is 0. The molecule has 0 spiro atoms. The zero-order chi connectivity index (χ0) is 67.0. The molecule has 496 valence electrons. The lowest BCUT2D eigenvalue weighted by molar-refractivity contribution is -0.142. The molecule has 26 heteroatoms. The third kappa shape index (κ3) is 22.3. The monoisotopic (exact) mass is 1270 g/mol. The Morgan fingerprint density at radius 1 is 0.511 bits per heavy atom. The first-order valence-electron chi connectivity index (χ1n) is 31.2. The number of nitrogens with zero attached hydrogens (tertiary/aromatic N) is 1. The Hall–Kier alpha value is -9.27. The molecule has 0 bridgehead atoms. The topological polar surface area (TPSA) is 418 Å². The van der Waals surface area contributed by atoms with E-state index in [-0.39, 0.29) is 76.1 Å². The largest absolute Gasteiger partial charge is 0.508 e. The summed E-state index contributed by atoms with van der Waals surface area (Å²) in [7, 11) is 0. The molecule has 6 rings (SSSR count). The van der Waals surface area contributed by atoms with E-state index in [1.54, 1.807) is 105 Å². The highest BCUT2D eigenvalue weighted by atomic mass is 16.3. The number of hydrogen-bond acceptors (Lipinski definition) is 15. The highest BCUT2D eigenvalue weighted by molar-refractivity contribution is 6.00. The van der Waals surface area contributed by atoms with E-state index < -0.39 is 157 Å². The smallest absolute Gasteiger partial charge is 0.243 e. The zero-order valence-electron chi connectivity index (χ0n) is 52.4. The second kappa shape index (κ2) is 35.4. The molecule has 26 nitrogen and oxygen atoms in total. The van der Waals surface area contributed by atoms with Gasteiger partial charge in [-0.1, -0.05) is 131 Å². The average molecular weight is 1270 g/mol. The van der Waals surface area contributed by atoms with Crippen LogP contribution in [0.1, 0.15) is 101 Å². The number of rotatable bonds is 19. The Morgan fingerprint density at radius 3 is 1.42 bits per heavy atom. The molecule has 2 aliphatic rings. The average Bonchev–Trinajstić information content (AvgIpc) is 1.56. The molecular formula is C66H89N13O13. The van der Waals surface area contributed by atoms with Crippen molar-refractivity contribution in [3.05, 3.63) is 138 Å². The summed E-state index contributed by atoms with van der Waals surface area (Å²) in [5, 5.41) is 47.0. The lowest BCUT2D eigenvalue weighted by atomic mass is 9.98. The number of aromatic hydroxyl groups is 1. The Balaban J connectivity index is 1.46. The summed E-state index contributed by atoms with van der Waals surface area (Å²) in [4.78, 5) is 159. The molecule has 0 radical (unpaired) electrons. The highest BCUT2D eigenvalue weighted by Crippen LogP contribution is 2.22. The van der Waals surface area contributed by atoms with Crippen LogP contribution >= 0.6 is 0 Å². The molecule has 2 aliphatic heterocycles. The lowest BCUT2D eigenvalue weighted by Gasteiger charge is -2.34. The summed E-state index contributed by atoms with van der Waals surface area (Å²) in [6.07, 6.45) is -3.07. The number of carbonyl (C=O) groups excluding carboxylic acids is 11. The van der Waals surface area contributed by atoms with Gasteiger partial charge in [0.2, 0.25) is 65.0 Å². The van der Waals surface area contributed by atoms with E-state index in [1.165, 1.54) is 29.2 Å². The molecule has 4 aromatic carbocycles. The van der Waals surface area contributed by atoms with Crippen LogP contribution in [0.5, 0.6) is 5.75 Å². The zero-order valence-corrected chi connectivity index (χ0v) is 52.4. The molecular weight excluding hydrogens is 1180 g/mol. The number of phenolic OH excluding ortho intramolecular Hbond substituents is 1. The lowest BCUT2D eigenvalue weighted by Crippen LogP contribution is -2.63. The normalized spacial score (nSPS) is 24.8. The first kappa shape index (κ1) is 71.8. The van der Waals surface area contributed by atoms with Crippen LogP contribution in [0.4, 0.5) is 0 Å². The number of carbonyl (C=O) groups is 11. The Morgan fingerprint density at radius 2 is 0.935 bits per heavy atom. The number of aliphatic hydroxyl groups is 1. The molecule has 2 saturated heterocycles. The molecule has 1 unspecified atom stereocenters. The first-order chi connectivity index (χ1) is 43.9. The summed E-state index contributed by atoms with van der Waals surface area (Å²) in [5.74, 6) is -10.7. The standard InChI is InChI=1S/C66H89N13O13/c1-38(2)32-47-59(85)77-52(36-42-20-12-7-13-21-42)66(92)79-31-15-23-53(79)64(90)76-49(34-41-18-10-6-11-19-41)61(87)74-48(33-40-16-8-5-9-17-40)60(86)75-51(37-55(69)82)62(88)70-46(28-29-54(68)81)58(84)73-50(35-43-24-26-44(80)27-25-43)63(89)78-56(39(3)4)65(91)71-45(22-14-30-67)57(83)72-47/h5-13,16-21,24-27,38-39,45-53,56,59,77,80,85H,14-15,22-23,28-37,67H2,1-4H3,(H2,68,81)(H2,69,82)(H,70,88)(H,71,91)(H,72,83)(H,73,84)(H,74,87)(H,75,86)(H,76,90)(H,78,89)/t45-,46-,47-,48+,49-,50-,51-,52+,53-,56-,59?/m0/s1. The van der Waals surface area contributed by atoms with E-state index in [4.69, 9.17) is 17.2 Å². The molecule has 17 N–H and O–H groups in total. The molecule has 4 aromatic rings. The number of fused-ring (bicyclic) bond motifs is 1. The minimum absolute atomic E-state index is 0.00233. The number of aliphatic hydroxyl groups excluding tert-OH is 1. The van der Waals surface area contributed by atoms with Crippen LogP contribution in [0.15, 0.2) is 115 Å². The van der Waals surface area contributed by atoms with Gasteiger partial charge in [-0.25, -0.2) is 0 Å². The van der Waals surface area contributed by atoms with Crippen LogP contribution in [0.2, 0.25) is 0 Å². The second-order valence-corrected chi connectivity index (χ2v) is 24.2. The van der Waals surface area contributed by atoms with Crippen LogP contribution in [0.3, 0.4) is 0 Å². The molecule has 0 aliphatic carbocycles. The molecule has 11 amide bonds. The third-order valence-corrected chi connectivity index (χ3v) is 16.0. The van der Waals surface area contributed by atoms with Gasteiger partial charge < -0.3 is 74.8 Å². The van der Waals surface area contributed by atoms with Crippen molar-refractivity contribution >= 4 is 65.0 Å². The summed E-state index contributed by atoms with van der Waals surface area (Å²) in [5.41, 5.74) is 19.4. The van der Waals surface area contributed by atoms with Gasteiger partial charge in [-0.2, -0.15) is 0 Å². The Labute approximate surface area is 535 Å². The minimum Gasteiger partial charge on any atom is -0.508 e. The van der Waals surface area contributed by atoms with Crippen molar-refractivity contribution in [1.29, 1.82) is 0 Å². The predicted molar refractivity (Wildman–Crippen MR) is 340 cm³/mol. The number of phenols is 1. The summed E-state index contributed by atoms with van der Waals surface area (Å²) < 4.78 is 0. The van der Waals surface area contributed by atoms with Crippen LogP contribution in [0.25, 0.3) is 0 Å². The van der Waals surface area contributed by atoms with Crippen molar-refractivity contribution in [2.75, 3.05) is 13.1 Å². The number of hydrogen-bond donors (Lipinski definition) is 14. The van der Waals surface area contributed by atoms with E-state index >= 15 is 4.79 Å². The van der Waals surface area contributed by atoms with Gasteiger partial charge in [0.1, 0.15) is 60.3 Å². The van der Waals surface area contributed by atoms with Gasteiger partial charge in [-0.15, -0.1) is 0 Å². The fourth-order valence-corrected chi connectivity index (χ4v) is 11.1. The van der Waals surface area contributed by atoms with Gasteiger partial charge in [0.25, 0.3) is 0 Å². The Bertz CT molecular complexity index is 3160. The maximum absolute atomic E-state index is 15.2. The molecule has 2 heterocycles. The van der Waals surface area contributed by atoms with Gasteiger partial charge in [0.15, 0.2) is 0 Å². The fraction of sp³-hybridized carbons (Fsp3) is 0.470. The molecule has 0 saturated carbocycles. The first-order valence-corrected chi connectivity index (χ1v) is 31.2. The van der Waals surface area contributed by atoms with Crippen molar-refractivity contribution in [1.82, 2.24) is 52.8 Å². The maximum Gasteiger partial charge on any atom is 0.243 e. The van der Waals surface area contributed by atoms with Gasteiger partial charge >= 0.3 is 0 Å². The summed E-state index contributed by atoms with van der Waals surface area (Å²) in [6, 6.07) is 17.6. The van der Waals surface area contributed by atoms with E-state index in [0.29, 0.717) is 28.7 Å². The van der Waals surface area contributed by atoms with Gasteiger partial charge in [-0.3, -0.25) is 58.1 Å². The van der Waals surface area contributed by atoms with Crippen molar-refractivity contribution in [2.45, 2.75) is 171 Å². The third-order valence-electron chi connectivity index (χ3n) is 16.0. The van der Waals surface area contributed by atoms with Crippen molar-refractivity contribution < 1.29 is 63.0 Å². The van der Waals surface area contributed by atoms with Gasteiger partial charge in [-0.05, 0) is 97.7 Å². The molecule has 0 aromatic heterocycles. The summed E-state index contributed by atoms with van der Waals surface area (Å²) in [6.45, 7) is 7.20. The second-order valence-electron chi connectivity index (χ2n) is 24.2. The van der Waals surface area contributed by atoms with Crippen molar-refractivity contribution in [3.63, 3.8) is 0 Å². The van der Waals surface area contributed by atoms with Crippen LogP contribution in [0, 0.1) is 11.8 Å². The van der Waals surface area contributed by atoms with E-state index in [2.05, 4.69) is 47.9 Å². The van der Waals surface area contributed by atoms with Crippen LogP contribution in [-0.4, -0.2) is 160 Å². The number of nitrogens with one attached hydrogen (secondary N) is 9. The highest BCUT2D eigenvalue weighted by Gasteiger charge is 2.42. The number of primary amides is 2. The number of amides is 11. The predicted octanol–water partition coefficient (Wildman–Crippen LogP) is -0.596. The molecule has 11 atom stereocenters. The van der Waals surface area contributed by atoms with Crippen molar-refractivity contribution in [2.24, 2.45) is 29.0 Å².